The lowest BCUT2D eigenvalue weighted by atomic mass is 9.94. The van der Waals surface area contributed by atoms with Crippen molar-refractivity contribution in [3.05, 3.63) is 59.3 Å². The van der Waals surface area contributed by atoms with Gasteiger partial charge in [0, 0.05) is 28.9 Å². The monoisotopic (exact) mass is 354 g/mol. The number of aliphatic carboxylic acids is 1. The maximum absolute atomic E-state index is 9.76. The second-order valence-corrected chi connectivity index (χ2v) is 6.27. The quantitative estimate of drug-likeness (QED) is 0.635. The summed E-state index contributed by atoms with van der Waals surface area (Å²) in [5.41, 5.74) is 4.87. The van der Waals surface area contributed by atoms with Crippen molar-refractivity contribution in [1.29, 1.82) is 0 Å². The third-order valence-electron chi connectivity index (χ3n) is 4.48. The number of benzene rings is 2. The summed E-state index contributed by atoms with van der Waals surface area (Å²) in [5.74, 6) is 0.119. The van der Waals surface area contributed by atoms with Crippen molar-refractivity contribution in [2.24, 2.45) is 0 Å². The normalized spacial score (nSPS) is 15.7. The Bertz CT molecular complexity index is 929. The lowest BCUT2D eigenvalue weighted by Gasteiger charge is -2.21. The summed E-state index contributed by atoms with van der Waals surface area (Å²) in [6.45, 7) is 2.01. The van der Waals surface area contributed by atoms with E-state index in [1.165, 1.54) is 16.6 Å². The van der Waals surface area contributed by atoms with E-state index in [-0.39, 0.29) is 6.04 Å². The van der Waals surface area contributed by atoms with Gasteiger partial charge in [0.05, 0.1) is 19.3 Å². The van der Waals surface area contributed by atoms with E-state index < -0.39 is 5.97 Å². The van der Waals surface area contributed by atoms with Crippen LogP contribution in [-0.4, -0.2) is 29.7 Å². The molecule has 1 aliphatic heterocycles. The number of phenols is 1. The molecule has 2 heterocycles. The minimum Gasteiger partial charge on any atom is -0.550 e. The Morgan fingerprint density at radius 1 is 1.31 bits per heavy atom. The van der Waals surface area contributed by atoms with Crippen LogP contribution in [0, 0.1) is 0 Å². The Balaban J connectivity index is 0.000000447. The zero-order chi connectivity index (χ0) is 18.7. The van der Waals surface area contributed by atoms with Crippen LogP contribution in [0.15, 0.2) is 42.5 Å². The predicted molar refractivity (Wildman–Crippen MR) is 96.0 cm³/mol. The fourth-order valence-corrected chi connectivity index (χ4v) is 3.44. The summed E-state index contributed by atoms with van der Waals surface area (Å²) in [7, 11) is 1.70. The van der Waals surface area contributed by atoms with Crippen LogP contribution in [-0.2, 0) is 11.2 Å². The van der Waals surface area contributed by atoms with Gasteiger partial charge in [-0.1, -0.05) is 12.1 Å². The number of ether oxygens (including phenoxy) is 1. The molecule has 1 unspecified atom stereocenters. The van der Waals surface area contributed by atoms with E-state index in [2.05, 4.69) is 28.5 Å². The SMILES string of the molecule is CC(=O)[O-].COc1ccc2[nH]c3c(c2c1)CC[NH2+]C3c1cccc(O)c1. The molecule has 4 N–H and O–H groups in total. The van der Waals surface area contributed by atoms with Crippen LogP contribution in [0.3, 0.4) is 0 Å². The van der Waals surface area contributed by atoms with Crippen LogP contribution in [0.2, 0.25) is 0 Å². The zero-order valence-corrected chi connectivity index (χ0v) is 14.8. The molecule has 0 spiro atoms. The molecule has 0 saturated carbocycles. The third-order valence-corrected chi connectivity index (χ3v) is 4.48. The molecule has 3 aromatic rings. The number of nitrogens with one attached hydrogen (secondary N) is 1. The lowest BCUT2D eigenvalue weighted by Crippen LogP contribution is -2.87. The summed E-state index contributed by atoms with van der Waals surface area (Å²) in [5, 5.41) is 22.2. The van der Waals surface area contributed by atoms with Gasteiger partial charge in [-0.05, 0) is 42.8 Å². The van der Waals surface area contributed by atoms with Crippen molar-refractivity contribution in [2.45, 2.75) is 19.4 Å². The van der Waals surface area contributed by atoms with Gasteiger partial charge in [0.15, 0.2) is 6.04 Å². The molecule has 1 atom stereocenters. The maximum atomic E-state index is 9.76. The van der Waals surface area contributed by atoms with Gasteiger partial charge in [0.25, 0.3) is 0 Å². The molecule has 1 aliphatic rings. The molecule has 0 aliphatic carbocycles. The van der Waals surface area contributed by atoms with E-state index in [1.54, 1.807) is 13.2 Å². The van der Waals surface area contributed by atoms with Gasteiger partial charge in [-0.3, -0.25) is 0 Å². The first-order valence-corrected chi connectivity index (χ1v) is 8.48. The highest BCUT2D eigenvalue weighted by Gasteiger charge is 2.28. The number of fused-ring (bicyclic) bond motifs is 3. The molecule has 6 heteroatoms. The molecule has 0 fully saturated rings. The minimum atomic E-state index is -1.08. The van der Waals surface area contributed by atoms with Crippen LogP contribution in [0.5, 0.6) is 11.5 Å². The number of hydrogen-bond acceptors (Lipinski definition) is 4. The van der Waals surface area contributed by atoms with Crippen LogP contribution < -0.4 is 15.2 Å². The Hall–Kier alpha value is -2.99. The summed E-state index contributed by atoms with van der Waals surface area (Å²) in [4.78, 5) is 12.5. The molecule has 136 valence electrons. The number of phenolic OH excluding ortho intramolecular Hbond substituents is 1. The highest BCUT2D eigenvalue weighted by Crippen LogP contribution is 2.33. The van der Waals surface area contributed by atoms with Gasteiger partial charge in [-0.25, -0.2) is 0 Å². The standard InChI is InChI=1S/C18H18N2O2.C2H4O2/c1-22-13-5-6-16-15(10-13)14-7-8-19-17(18(14)20-16)11-3-2-4-12(21)9-11;1-2(3)4/h2-6,9-10,17,19-21H,7-8H2,1H3;1H3,(H,3,4). The van der Waals surface area contributed by atoms with Crippen molar-refractivity contribution in [2.75, 3.05) is 13.7 Å². The summed E-state index contributed by atoms with van der Waals surface area (Å²) in [6.07, 6.45) is 1.04. The number of H-pyrrole nitrogens is 1. The molecule has 26 heavy (non-hydrogen) atoms. The van der Waals surface area contributed by atoms with Crippen molar-refractivity contribution >= 4 is 16.9 Å². The molecule has 1 aromatic heterocycles. The van der Waals surface area contributed by atoms with Crippen molar-refractivity contribution in [1.82, 2.24) is 4.98 Å². The second kappa shape index (κ2) is 7.49. The van der Waals surface area contributed by atoms with E-state index in [0.717, 1.165) is 36.7 Å². The Morgan fingerprint density at radius 3 is 2.77 bits per heavy atom. The van der Waals surface area contributed by atoms with Gasteiger partial charge < -0.3 is 30.0 Å². The van der Waals surface area contributed by atoms with Crippen LogP contribution in [0.25, 0.3) is 10.9 Å². The van der Waals surface area contributed by atoms with Crippen LogP contribution >= 0.6 is 0 Å². The summed E-state index contributed by atoms with van der Waals surface area (Å²) < 4.78 is 5.36. The predicted octanol–water partition coefficient (Wildman–Crippen LogP) is 0.847. The number of hydrogen-bond donors (Lipinski definition) is 3. The number of carbonyl (C=O) groups excluding carboxylic acids is 1. The molecule has 0 bridgehead atoms. The first-order valence-electron chi connectivity index (χ1n) is 8.48. The molecule has 4 rings (SSSR count). The molecular formula is C20H22N2O4. The maximum Gasteiger partial charge on any atom is 0.153 e. The first-order chi connectivity index (χ1) is 12.5. The van der Waals surface area contributed by atoms with E-state index in [0.29, 0.717) is 5.75 Å². The molecule has 2 aromatic carbocycles. The second-order valence-electron chi connectivity index (χ2n) is 6.27. The number of rotatable bonds is 2. The highest BCUT2D eigenvalue weighted by atomic mass is 16.5. The van der Waals surface area contributed by atoms with Gasteiger partial charge in [0.1, 0.15) is 11.5 Å². The average Bonchev–Trinajstić information content (AvgIpc) is 2.99. The van der Waals surface area contributed by atoms with Gasteiger partial charge in [-0.2, -0.15) is 0 Å². The molecule has 6 nitrogen and oxygen atoms in total. The fraction of sp³-hybridized carbons (Fsp3) is 0.250. The molecule has 0 radical (unpaired) electrons. The third kappa shape index (κ3) is 3.65. The largest absolute Gasteiger partial charge is 0.550 e. The Kier molecular flexibility index (Phi) is 5.14. The van der Waals surface area contributed by atoms with Crippen molar-refractivity contribution in [3.8, 4) is 11.5 Å². The van der Waals surface area contributed by atoms with E-state index in [1.807, 2.05) is 18.2 Å². The smallest absolute Gasteiger partial charge is 0.153 e. The summed E-state index contributed by atoms with van der Waals surface area (Å²) >= 11 is 0. The summed E-state index contributed by atoms with van der Waals surface area (Å²) in [6, 6.07) is 13.9. The number of carboxylic acids is 1. The first kappa shape index (κ1) is 17.8. The van der Waals surface area contributed by atoms with Gasteiger partial charge in [0.2, 0.25) is 0 Å². The number of quaternary nitrogens is 1. The lowest BCUT2D eigenvalue weighted by molar-refractivity contribution is -0.690. The van der Waals surface area contributed by atoms with E-state index in [9.17, 15) is 5.11 Å². The average molecular weight is 354 g/mol. The number of carboxylic acid groups (broad SMARTS) is 1. The number of nitrogens with two attached hydrogens (primary N) is 1. The van der Waals surface area contributed by atoms with Gasteiger partial charge >= 0.3 is 0 Å². The van der Waals surface area contributed by atoms with Crippen LogP contribution in [0.1, 0.15) is 29.8 Å². The number of aromatic amines is 1. The molecular weight excluding hydrogens is 332 g/mol. The fourth-order valence-electron chi connectivity index (χ4n) is 3.44. The topological polar surface area (TPSA) is 102 Å². The molecule has 0 saturated heterocycles. The zero-order valence-electron chi connectivity index (χ0n) is 14.8. The highest BCUT2D eigenvalue weighted by molar-refractivity contribution is 5.86. The number of methoxy groups -OCH3 is 1. The number of aromatic hydroxyl groups is 1. The minimum absolute atomic E-state index is 0.203. The van der Waals surface area contributed by atoms with Gasteiger partial charge in [-0.15, -0.1) is 0 Å². The molecule has 0 amide bonds. The Labute approximate surface area is 151 Å². The Morgan fingerprint density at radius 2 is 2.08 bits per heavy atom. The van der Waals surface area contributed by atoms with E-state index in [4.69, 9.17) is 14.6 Å². The van der Waals surface area contributed by atoms with Crippen molar-refractivity contribution in [3.63, 3.8) is 0 Å². The number of carbonyl (C=O) groups is 1. The number of aromatic nitrogens is 1. The van der Waals surface area contributed by atoms with Crippen molar-refractivity contribution < 1.29 is 25.1 Å². The van der Waals surface area contributed by atoms with E-state index >= 15 is 0 Å². The van der Waals surface area contributed by atoms with Crippen LogP contribution in [0.4, 0.5) is 0 Å².